The minimum absolute atomic E-state index is 0. The fraction of sp³-hybridized carbons (Fsp3) is 0.944. The van der Waals surface area contributed by atoms with E-state index >= 15 is 0 Å². The first-order valence-electron chi connectivity index (χ1n) is 9.72. The van der Waals surface area contributed by atoms with E-state index in [4.69, 9.17) is 9.47 Å². The minimum atomic E-state index is 0. The van der Waals surface area contributed by atoms with Crippen LogP contribution in [-0.4, -0.2) is 102 Å². The predicted molar refractivity (Wildman–Crippen MR) is 118 cm³/mol. The second-order valence-electron chi connectivity index (χ2n) is 7.30. The maximum absolute atomic E-state index is 5.77. The number of aliphatic imine (C=N–C) groups is 1. The molecule has 2 atom stereocenters. The second kappa shape index (κ2) is 13.9. The fourth-order valence-corrected chi connectivity index (χ4v) is 3.20. The highest BCUT2D eigenvalue weighted by Gasteiger charge is 2.16. The van der Waals surface area contributed by atoms with Crippen molar-refractivity contribution < 1.29 is 9.47 Å². The minimum Gasteiger partial charge on any atom is -0.379 e. The molecule has 2 unspecified atom stereocenters. The lowest BCUT2D eigenvalue weighted by atomic mass is 10.1. The topological polar surface area (TPSA) is 61.4 Å². The van der Waals surface area contributed by atoms with Crippen LogP contribution in [0.25, 0.3) is 0 Å². The quantitative estimate of drug-likeness (QED) is 0.220. The second-order valence-corrected chi connectivity index (χ2v) is 7.30. The van der Waals surface area contributed by atoms with Crippen LogP contribution in [0.1, 0.15) is 19.8 Å². The summed E-state index contributed by atoms with van der Waals surface area (Å²) in [5, 5.41) is 6.81. The number of guanidine groups is 1. The Balaban J connectivity index is 0.00000338. The summed E-state index contributed by atoms with van der Waals surface area (Å²) in [5.41, 5.74) is 0. The zero-order valence-corrected chi connectivity index (χ0v) is 19.0. The van der Waals surface area contributed by atoms with Crippen LogP contribution < -0.4 is 10.6 Å². The van der Waals surface area contributed by atoms with Gasteiger partial charge in [-0.2, -0.15) is 0 Å². The SMILES string of the molecule is CN=C(NCCCOC1CCOC1)NCC(C)CN1CCN(C)CC1.I. The van der Waals surface area contributed by atoms with Gasteiger partial charge in [0.25, 0.3) is 0 Å². The summed E-state index contributed by atoms with van der Waals surface area (Å²) in [6.45, 7) is 12.4. The zero-order valence-electron chi connectivity index (χ0n) is 16.7. The molecule has 0 amide bonds. The van der Waals surface area contributed by atoms with Gasteiger partial charge in [0.15, 0.2) is 5.96 Å². The van der Waals surface area contributed by atoms with Crippen LogP contribution in [0.4, 0.5) is 0 Å². The number of nitrogens with one attached hydrogen (secondary N) is 2. The Hall–Kier alpha value is -0.160. The summed E-state index contributed by atoms with van der Waals surface area (Å²) >= 11 is 0. The van der Waals surface area contributed by atoms with Gasteiger partial charge < -0.3 is 29.9 Å². The van der Waals surface area contributed by atoms with Crippen molar-refractivity contribution in [3.63, 3.8) is 0 Å². The van der Waals surface area contributed by atoms with Crippen LogP contribution in [-0.2, 0) is 9.47 Å². The van der Waals surface area contributed by atoms with Crippen LogP contribution in [0.5, 0.6) is 0 Å². The monoisotopic (exact) mass is 483 g/mol. The van der Waals surface area contributed by atoms with Crippen LogP contribution in [0, 0.1) is 5.92 Å². The molecule has 2 N–H and O–H groups in total. The average molecular weight is 483 g/mol. The lowest BCUT2D eigenvalue weighted by Crippen LogP contribution is -2.47. The third kappa shape index (κ3) is 9.68. The van der Waals surface area contributed by atoms with Gasteiger partial charge in [0.05, 0.1) is 12.7 Å². The van der Waals surface area contributed by atoms with E-state index in [2.05, 4.69) is 39.4 Å². The van der Waals surface area contributed by atoms with E-state index in [1.54, 1.807) is 0 Å². The molecule has 2 saturated heterocycles. The van der Waals surface area contributed by atoms with Gasteiger partial charge in [0.2, 0.25) is 0 Å². The van der Waals surface area contributed by atoms with Crippen molar-refractivity contribution in [1.82, 2.24) is 20.4 Å². The van der Waals surface area contributed by atoms with E-state index in [-0.39, 0.29) is 24.0 Å². The number of halogens is 1. The first kappa shape index (κ1) is 23.9. The molecule has 7 nitrogen and oxygen atoms in total. The van der Waals surface area contributed by atoms with Crippen molar-refractivity contribution in [3.8, 4) is 0 Å². The largest absolute Gasteiger partial charge is 0.379 e. The number of piperazine rings is 1. The van der Waals surface area contributed by atoms with E-state index in [9.17, 15) is 0 Å². The Bertz CT molecular complexity index is 386. The van der Waals surface area contributed by atoms with E-state index in [0.717, 1.165) is 58.3 Å². The van der Waals surface area contributed by atoms with Crippen molar-refractivity contribution in [2.75, 3.05) is 79.7 Å². The Morgan fingerprint density at radius 2 is 2.04 bits per heavy atom. The molecule has 26 heavy (non-hydrogen) atoms. The highest BCUT2D eigenvalue weighted by molar-refractivity contribution is 14.0. The summed E-state index contributed by atoms with van der Waals surface area (Å²) in [6.07, 6.45) is 2.31. The molecular formula is C18H38IN5O2. The van der Waals surface area contributed by atoms with Crippen molar-refractivity contribution in [1.29, 1.82) is 0 Å². The molecule has 2 fully saturated rings. The molecule has 0 spiro atoms. The average Bonchev–Trinajstić information content (AvgIpc) is 3.13. The van der Waals surface area contributed by atoms with Crippen molar-refractivity contribution in [3.05, 3.63) is 0 Å². The van der Waals surface area contributed by atoms with Crippen molar-refractivity contribution in [2.45, 2.75) is 25.9 Å². The number of ether oxygens (including phenoxy) is 2. The summed E-state index contributed by atoms with van der Waals surface area (Å²) in [5.74, 6) is 1.49. The standard InChI is InChI=1S/C18H37N5O2.HI/c1-16(14-23-9-7-22(3)8-10-23)13-21-18(19-2)20-6-4-11-25-17-5-12-24-15-17;/h16-17H,4-15H2,1-3H3,(H2,19,20,21);1H. The Morgan fingerprint density at radius 3 is 2.69 bits per heavy atom. The van der Waals surface area contributed by atoms with Gasteiger partial charge in [-0.1, -0.05) is 6.92 Å². The maximum atomic E-state index is 5.77. The first-order valence-corrected chi connectivity index (χ1v) is 9.72. The van der Waals surface area contributed by atoms with Gasteiger partial charge in [-0.3, -0.25) is 4.99 Å². The molecule has 2 rings (SSSR count). The lowest BCUT2D eigenvalue weighted by Gasteiger charge is -2.34. The molecule has 2 heterocycles. The predicted octanol–water partition coefficient (Wildman–Crippen LogP) is 0.849. The number of likely N-dealkylation sites (N-methyl/N-ethyl adjacent to an activating group) is 1. The third-order valence-corrected chi connectivity index (χ3v) is 4.86. The van der Waals surface area contributed by atoms with Crippen molar-refractivity contribution in [2.24, 2.45) is 10.9 Å². The summed E-state index contributed by atoms with van der Waals surface area (Å²) < 4.78 is 11.1. The Labute approximate surface area is 176 Å². The fourth-order valence-electron chi connectivity index (χ4n) is 3.20. The molecule has 8 heteroatoms. The van der Waals surface area contributed by atoms with Crippen LogP contribution in [0.3, 0.4) is 0 Å². The molecular weight excluding hydrogens is 445 g/mol. The number of nitrogens with zero attached hydrogens (tertiary/aromatic N) is 3. The van der Waals surface area contributed by atoms with Crippen LogP contribution >= 0.6 is 24.0 Å². The van der Waals surface area contributed by atoms with Gasteiger partial charge in [-0.05, 0) is 25.8 Å². The lowest BCUT2D eigenvalue weighted by molar-refractivity contribution is 0.0420. The molecule has 0 aromatic carbocycles. The van der Waals surface area contributed by atoms with Gasteiger partial charge in [-0.15, -0.1) is 24.0 Å². The van der Waals surface area contributed by atoms with Crippen molar-refractivity contribution >= 4 is 29.9 Å². The maximum Gasteiger partial charge on any atom is 0.190 e. The molecule has 2 aliphatic rings. The van der Waals surface area contributed by atoms with Gasteiger partial charge in [-0.25, -0.2) is 0 Å². The number of hydrogen-bond donors (Lipinski definition) is 2. The van der Waals surface area contributed by atoms with E-state index in [1.165, 1.54) is 26.2 Å². The molecule has 0 aromatic heterocycles. The molecule has 0 aliphatic carbocycles. The highest BCUT2D eigenvalue weighted by Crippen LogP contribution is 2.08. The summed E-state index contributed by atoms with van der Waals surface area (Å²) in [6, 6.07) is 0. The van der Waals surface area contributed by atoms with E-state index in [0.29, 0.717) is 12.0 Å². The first-order chi connectivity index (χ1) is 12.2. The molecule has 0 radical (unpaired) electrons. The third-order valence-electron chi connectivity index (χ3n) is 4.86. The van der Waals surface area contributed by atoms with E-state index in [1.807, 2.05) is 7.05 Å². The normalized spacial score (nSPS) is 23.5. The van der Waals surface area contributed by atoms with Gasteiger partial charge in [0.1, 0.15) is 0 Å². The Morgan fingerprint density at radius 1 is 1.27 bits per heavy atom. The molecule has 0 aromatic rings. The molecule has 0 saturated carbocycles. The van der Waals surface area contributed by atoms with Crippen LogP contribution in [0.2, 0.25) is 0 Å². The molecule has 154 valence electrons. The summed E-state index contributed by atoms with van der Waals surface area (Å²) in [4.78, 5) is 9.26. The van der Waals surface area contributed by atoms with E-state index < -0.39 is 0 Å². The molecule has 0 bridgehead atoms. The van der Waals surface area contributed by atoms with Crippen LogP contribution in [0.15, 0.2) is 4.99 Å². The number of rotatable bonds is 9. The smallest absolute Gasteiger partial charge is 0.190 e. The zero-order chi connectivity index (χ0) is 17.9. The van der Waals surface area contributed by atoms with Gasteiger partial charge in [0, 0.05) is 66.1 Å². The Kier molecular flexibility index (Phi) is 12.8. The molecule has 2 aliphatic heterocycles. The number of hydrogen-bond acceptors (Lipinski definition) is 5. The highest BCUT2D eigenvalue weighted by atomic mass is 127. The summed E-state index contributed by atoms with van der Waals surface area (Å²) in [7, 11) is 4.03. The van der Waals surface area contributed by atoms with Gasteiger partial charge >= 0.3 is 0 Å².